The Bertz CT molecular complexity index is 1420. The van der Waals surface area contributed by atoms with Crippen LogP contribution in [0.1, 0.15) is 0 Å². The van der Waals surface area contributed by atoms with Gasteiger partial charge in [0, 0.05) is 24.0 Å². The van der Waals surface area contributed by atoms with Gasteiger partial charge in [0.1, 0.15) is 10.6 Å². The third kappa shape index (κ3) is 4.03. The quantitative estimate of drug-likeness (QED) is 0.409. The van der Waals surface area contributed by atoms with E-state index in [9.17, 15) is 17.2 Å². The van der Waals surface area contributed by atoms with E-state index < -0.39 is 22.4 Å². The molecule has 0 atom stereocenters. The molecule has 174 valence electrons. The first-order valence-corrected chi connectivity index (χ1v) is 10.9. The van der Waals surface area contributed by atoms with E-state index in [0.717, 1.165) is 0 Å². The summed E-state index contributed by atoms with van der Waals surface area (Å²) < 4.78 is 67.6. The van der Waals surface area contributed by atoms with Crippen molar-refractivity contribution < 1.29 is 31.4 Å². The summed E-state index contributed by atoms with van der Waals surface area (Å²) in [6.07, 6.45) is 4.27. The molecule has 3 heterocycles. The number of rotatable bonds is 7. The van der Waals surface area contributed by atoms with Crippen LogP contribution in [0, 0.1) is 0 Å². The van der Waals surface area contributed by atoms with Crippen LogP contribution >= 0.6 is 11.6 Å². The van der Waals surface area contributed by atoms with Crippen LogP contribution in [0.25, 0.3) is 22.5 Å². The molecule has 0 unspecified atom stereocenters. The van der Waals surface area contributed by atoms with Crippen LogP contribution in [0.5, 0.6) is 17.5 Å². The highest BCUT2D eigenvalue weighted by molar-refractivity contribution is 7.89. The van der Waals surface area contributed by atoms with Gasteiger partial charge in [0.2, 0.25) is 21.7 Å². The first kappa shape index (κ1) is 22.7. The van der Waals surface area contributed by atoms with Crippen molar-refractivity contribution in [3.8, 4) is 29.1 Å². The molecule has 0 saturated heterocycles. The molecule has 2 N–H and O–H groups in total. The Labute approximate surface area is 190 Å². The van der Waals surface area contributed by atoms with Gasteiger partial charge in [-0.3, -0.25) is 4.57 Å². The molecule has 0 saturated carbocycles. The molecule has 0 aliphatic rings. The number of hydrogen-bond donors (Lipinski definition) is 1. The van der Waals surface area contributed by atoms with Crippen LogP contribution in [0.3, 0.4) is 0 Å². The topological polar surface area (TPSA) is 136 Å². The molecule has 0 aliphatic heterocycles. The fourth-order valence-corrected chi connectivity index (χ4v) is 4.19. The van der Waals surface area contributed by atoms with Gasteiger partial charge in [-0.15, -0.1) is 0 Å². The summed E-state index contributed by atoms with van der Waals surface area (Å²) in [5.41, 5.74) is 0.519. The molecule has 0 aliphatic carbocycles. The highest BCUT2D eigenvalue weighted by atomic mass is 35.5. The van der Waals surface area contributed by atoms with Gasteiger partial charge < -0.3 is 14.2 Å². The fourth-order valence-electron chi connectivity index (χ4n) is 3.23. The minimum Gasteiger partial charge on any atom is -0.478 e. The molecule has 4 rings (SSSR count). The first-order chi connectivity index (χ1) is 15.7. The summed E-state index contributed by atoms with van der Waals surface area (Å²) in [6, 6.07) is 4.59. The van der Waals surface area contributed by atoms with Crippen molar-refractivity contribution in [2.75, 3.05) is 14.2 Å². The predicted octanol–water partition coefficient (Wildman–Crippen LogP) is 2.53. The number of benzene rings is 1. The van der Waals surface area contributed by atoms with Crippen LogP contribution in [-0.2, 0) is 10.0 Å². The van der Waals surface area contributed by atoms with E-state index in [1.165, 1.54) is 48.0 Å². The highest BCUT2D eigenvalue weighted by Crippen LogP contribution is 2.39. The van der Waals surface area contributed by atoms with Crippen LogP contribution in [0.4, 0.5) is 8.78 Å². The Balaban J connectivity index is 2.11. The first-order valence-electron chi connectivity index (χ1n) is 8.97. The number of aromatic nitrogens is 5. The van der Waals surface area contributed by atoms with Crippen molar-refractivity contribution in [1.29, 1.82) is 0 Å². The molecule has 0 fully saturated rings. The number of alkyl halides is 2. The highest BCUT2D eigenvalue weighted by Gasteiger charge is 2.27. The van der Waals surface area contributed by atoms with E-state index >= 15 is 0 Å². The van der Waals surface area contributed by atoms with E-state index in [1.807, 2.05) is 0 Å². The normalized spacial score (nSPS) is 11.8. The Kier molecular flexibility index (Phi) is 5.82. The molecule has 0 radical (unpaired) electrons. The maximum Gasteiger partial charge on any atom is 0.387 e. The molecule has 33 heavy (non-hydrogen) atoms. The third-order valence-corrected chi connectivity index (χ3v) is 5.74. The van der Waals surface area contributed by atoms with Crippen molar-refractivity contribution in [3.63, 3.8) is 0 Å². The number of methoxy groups -OCH3 is 2. The van der Waals surface area contributed by atoms with E-state index in [2.05, 4.69) is 19.8 Å². The summed E-state index contributed by atoms with van der Waals surface area (Å²) in [7, 11) is -1.85. The van der Waals surface area contributed by atoms with Gasteiger partial charge in [-0.25, -0.2) is 18.2 Å². The Hall–Kier alpha value is -3.49. The molecule has 0 bridgehead atoms. The number of nitrogens with two attached hydrogens (primary N) is 1. The number of fused-ring (bicyclic) bond motifs is 1. The number of halogens is 3. The molecule has 11 nitrogen and oxygen atoms in total. The van der Waals surface area contributed by atoms with Gasteiger partial charge in [-0.2, -0.15) is 23.8 Å². The largest absolute Gasteiger partial charge is 0.478 e. The molecule has 15 heteroatoms. The second kappa shape index (κ2) is 8.46. The Morgan fingerprint density at radius 2 is 1.82 bits per heavy atom. The Morgan fingerprint density at radius 1 is 1.15 bits per heavy atom. The van der Waals surface area contributed by atoms with Gasteiger partial charge in [0.15, 0.2) is 0 Å². The molecule has 4 aromatic rings. The van der Waals surface area contributed by atoms with Crippen LogP contribution in [0.15, 0.2) is 41.7 Å². The number of ether oxygens (including phenoxy) is 3. The predicted molar refractivity (Wildman–Crippen MR) is 112 cm³/mol. The van der Waals surface area contributed by atoms with Gasteiger partial charge in [0.25, 0.3) is 11.8 Å². The number of nitrogens with zero attached hydrogens (tertiary/aromatic N) is 5. The summed E-state index contributed by atoms with van der Waals surface area (Å²) in [6.45, 7) is -3.20. The van der Waals surface area contributed by atoms with Crippen LogP contribution in [0.2, 0.25) is 5.02 Å². The van der Waals surface area contributed by atoms with E-state index in [4.69, 9.17) is 26.2 Å². The molecule has 1 aromatic carbocycles. The smallest absolute Gasteiger partial charge is 0.387 e. The Morgan fingerprint density at radius 3 is 2.33 bits per heavy atom. The molecular weight excluding hydrogens is 486 g/mol. The fraction of sp³-hybridized carbons (Fsp3) is 0.167. The minimum absolute atomic E-state index is 0.194. The average Bonchev–Trinajstić information content (AvgIpc) is 3.41. The van der Waals surface area contributed by atoms with Crippen LogP contribution in [-0.4, -0.2) is 53.6 Å². The maximum atomic E-state index is 12.9. The van der Waals surface area contributed by atoms with Gasteiger partial charge >= 0.3 is 6.61 Å². The molecule has 3 aromatic heterocycles. The number of primary sulfonamides is 1. The second-order valence-corrected chi connectivity index (χ2v) is 8.34. The molecular formula is C18H15ClF2N6O5S. The lowest BCUT2D eigenvalue weighted by molar-refractivity contribution is -0.0534. The zero-order valence-corrected chi connectivity index (χ0v) is 18.5. The van der Waals surface area contributed by atoms with E-state index in [1.54, 1.807) is 12.3 Å². The zero-order valence-electron chi connectivity index (χ0n) is 16.9. The monoisotopic (exact) mass is 500 g/mol. The molecule has 0 spiro atoms. The third-order valence-electron chi connectivity index (χ3n) is 4.50. The zero-order chi connectivity index (χ0) is 23.9. The number of hydrogen-bond acceptors (Lipinski definition) is 8. The molecule has 0 amide bonds. The van der Waals surface area contributed by atoms with Crippen molar-refractivity contribution in [2.45, 2.75) is 11.5 Å². The summed E-state index contributed by atoms with van der Waals surface area (Å²) in [5, 5.41) is 10.0. The van der Waals surface area contributed by atoms with Gasteiger partial charge in [0.05, 0.1) is 24.8 Å². The van der Waals surface area contributed by atoms with Crippen molar-refractivity contribution >= 4 is 32.5 Å². The standard InChI is InChI=1S/C18H15ClF2N6O5S/c1-30-15-14(32-17(20)21)16(31-2)25-18(24-15)26-8-11(33(22,28)29)9-4-5-10(19)13(12(9)26)27-7-3-6-23-27/h3-8,17H,1-2H3,(H2,22,28,29). The van der Waals surface area contributed by atoms with E-state index in [-0.39, 0.29) is 38.5 Å². The van der Waals surface area contributed by atoms with Crippen LogP contribution < -0.4 is 19.3 Å². The van der Waals surface area contributed by atoms with Crippen molar-refractivity contribution in [3.05, 3.63) is 41.8 Å². The second-order valence-electron chi connectivity index (χ2n) is 6.40. The SMILES string of the molecule is COc1nc(-n2cc(S(N)(=O)=O)c3ccc(Cl)c(-n4cccn4)c32)nc(OC)c1OC(F)F. The lowest BCUT2D eigenvalue weighted by Crippen LogP contribution is -2.12. The average molecular weight is 501 g/mol. The summed E-state index contributed by atoms with van der Waals surface area (Å²) in [4.78, 5) is 7.95. The van der Waals surface area contributed by atoms with Gasteiger partial charge in [-0.1, -0.05) is 11.6 Å². The lowest BCUT2D eigenvalue weighted by atomic mass is 10.2. The van der Waals surface area contributed by atoms with Gasteiger partial charge in [-0.05, 0) is 18.2 Å². The summed E-state index contributed by atoms with van der Waals surface area (Å²) >= 11 is 6.43. The van der Waals surface area contributed by atoms with Crippen molar-refractivity contribution in [2.24, 2.45) is 5.14 Å². The lowest BCUT2D eigenvalue weighted by Gasteiger charge is -2.15. The summed E-state index contributed by atoms with van der Waals surface area (Å²) in [5.74, 6) is -1.48. The minimum atomic E-state index is -4.21. The van der Waals surface area contributed by atoms with Crippen molar-refractivity contribution in [1.82, 2.24) is 24.3 Å². The number of sulfonamides is 1. The van der Waals surface area contributed by atoms with E-state index in [0.29, 0.717) is 5.69 Å². The maximum absolute atomic E-state index is 12.9.